The molecule has 24 heavy (non-hydrogen) atoms. The van der Waals surface area contributed by atoms with Gasteiger partial charge in [0.1, 0.15) is 0 Å². The van der Waals surface area contributed by atoms with Gasteiger partial charge in [0, 0.05) is 12.1 Å². The molecule has 1 aromatic rings. The van der Waals surface area contributed by atoms with Crippen molar-refractivity contribution in [2.45, 2.75) is 51.0 Å². The van der Waals surface area contributed by atoms with Crippen LogP contribution in [0.2, 0.25) is 0 Å². The SMILES string of the molecule is N#C[C@@H]1CN(C(=O)c2ccccc2)N2CCCC3(CCCCC3)[C@@H]12. The minimum absolute atomic E-state index is 0.0474. The molecular formula is C20H25N3O. The smallest absolute Gasteiger partial charge is 0.268 e. The lowest BCUT2D eigenvalue weighted by Crippen LogP contribution is -2.56. The summed E-state index contributed by atoms with van der Waals surface area (Å²) in [5.41, 5.74) is 0.973. The Morgan fingerprint density at radius 2 is 1.79 bits per heavy atom. The fourth-order valence-electron chi connectivity index (χ4n) is 5.34. The maximum atomic E-state index is 13.0. The molecule has 1 aromatic carbocycles. The minimum Gasteiger partial charge on any atom is -0.270 e. The number of nitrogens with zero attached hydrogens (tertiary/aromatic N) is 3. The average molecular weight is 323 g/mol. The summed E-state index contributed by atoms with van der Waals surface area (Å²) in [5.74, 6) is -0.0118. The zero-order valence-electron chi connectivity index (χ0n) is 14.2. The van der Waals surface area contributed by atoms with Gasteiger partial charge in [-0.25, -0.2) is 5.01 Å². The van der Waals surface area contributed by atoms with Gasteiger partial charge in [0.25, 0.3) is 5.91 Å². The van der Waals surface area contributed by atoms with Crippen LogP contribution in [0.25, 0.3) is 0 Å². The molecule has 3 aliphatic rings. The summed E-state index contributed by atoms with van der Waals surface area (Å²) in [6, 6.07) is 12.2. The van der Waals surface area contributed by atoms with Crippen molar-refractivity contribution in [3.8, 4) is 6.07 Å². The third-order valence-electron chi connectivity index (χ3n) is 6.34. The summed E-state index contributed by atoms with van der Waals surface area (Å²) in [6.45, 7) is 1.46. The number of rotatable bonds is 1. The van der Waals surface area contributed by atoms with Gasteiger partial charge in [0.05, 0.1) is 24.6 Å². The number of carbonyl (C=O) groups excluding carboxylic acids is 1. The topological polar surface area (TPSA) is 47.3 Å². The van der Waals surface area contributed by atoms with Crippen molar-refractivity contribution in [2.75, 3.05) is 13.1 Å². The highest BCUT2D eigenvalue weighted by Crippen LogP contribution is 2.52. The molecule has 0 radical (unpaired) electrons. The van der Waals surface area contributed by atoms with E-state index in [4.69, 9.17) is 0 Å². The molecule has 1 amide bonds. The van der Waals surface area contributed by atoms with E-state index >= 15 is 0 Å². The van der Waals surface area contributed by atoms with Gasteiger partial charge >= 0.3 is 0 Å². The van der Waals surface area contributed by atoms with E-state index in [0.717, 1.165) is 18.5 Å². The lowest BCUT2D eigenvalue weighted by molar-refractivity contribution is -0.0760. The fraction of sp³-hybridized carbons (Fsp3) is 0.600. The first kappa shape index (κ1) is 15.7. The van der Waals surface area contributed by atoms with Crippen LogP contribution in [-0.2, 0) is 0 Å². The van der Waals surface area contributed by atoms with E-state index in [1.54, 1.807) is 0 Å². The van der Waals surface area contributed by atoms with E-state index in [0.29, 0.717) is 6.54 Å². The quantitative estimate of drug-likeness (QED) is 0.793. The normalized spacial score (nSPS) is 29.2. The van der Waals surface area contributed by atoms with Crippen LogP contribution in [0.3, 0.4) is 0 Å². The number of piperidine rings is 1. The van der Waals surface area contributed by atoms with Crippen molar-refractivity contribution in [3.05, 3.63) is 35.9 Å². The van der Waals surface area contributed by atoms with E-state index < -0.39 is 0 Å². The van der Waals surface area contributed by atoms with E-state index in [1.165, 1.54) is 38.5 Å². The molecule has 1 aliphatic carbocycles. The molecule has 4 rings (SSSR count). The highest BCUT2D eigenvalue weighted by molar-refractivity contribution is 5.94. The number of hydrogen-bond donors (Lipinski definition) is 0. The fourth-order valence-corrected chi connectivity index (χ4v) is 5.34. The third-order valence-corrected chi connectivity index (χ3v) is 6.34. The molecule has 1 saturated carbocycles. The third kappa shape index (κ3) is 2.43. The number of benzene rings is 1. The molecular weight excluding hydrogens is 298 g/mol. The first-order valence-corrected chi connectivity index (χ1v) is 9.28. The molecule has 2 saturated heterocycles. The molecule has 0 N–H and O–H groups in total. The predicted molar refractivity (Wildman–Crippen MR) is 91.8 cm³/mol. The standard InChI is InChI=1S/C20H25N3O/c21-14-17-15-23(19(24)16-8-3-1-4-9-16)22-13-7-12-20(18(17)22)10-5-2-6-11-20/h1,3-4,8-9,17-18H,2,5-7,10-13,15H2/t17-,18-/m1/s1. The van der Waals surface area contributed by atoms with Crippen molar-refractivity contribution >= 4 is 5.91 Å². The van der Waals surface area contributed by atoms with Gasteiger partial charge in [0.2, 0.25) is 0 Å². The van der Waals surface area contributed by atoms with Crippen LogP contribution < -0.4 is 0 Å². The van der Waals surface area contributed by atoms with E-state index in [-0.39, 0.29) is 23.3 Å². The van der Waals surface area contributed by atoms with Crippen molar-refractivity contribution < 1.29 is 4.79 Å². The second-order valence-electron chi connectivity index (χ2n) is 7.62. The first-order chi connectivity index (χ1) is 11.7. The summed E-state index contributed by atoms with van der Waals surface area (Å²) in [4.78, 5) is 13.0. The van der Waals surface area contributed by atoms with Gasteiger partial charge in [0.15, 0.2) is 0 Å². The highest BCUT2D eigenvalue weighted by atomic mass is 16.2. The lowest BCUT2D eigenvalue weighted by Gasteiger charge is -2.51. The van der Waals surface area contributed by atoms with E-state index in [1.807, 2.05) is 35.3 Å². The second-order valence-corrected chi connectivity index (χ2v) is 7.62. The van der Waals surface area contributed by atoms with Crippen molar-refractivity contribution in [1.82, 2.24) is 10.0 Å². The van der Waals surface area contributed by atoms with Crippen molar-refractivity contribution in [3.63, 3.8) is 0 Å². The minimum atomic E-state index is -0.0592. The monoisotopic (exact) mass is 323 g/mol. The van der Waals surface area contributed by atoms with Gasteiger partial charge in [-0.2, -0.15) is 5.26 Å². The van der Waals surface area contributed by atoms with Crippen molar-refractivity contribution in [1.29, 1.82) is 5.26 Å². The van der Waals surface area contributed by atoms with Crippen LogP contribution in [-0.4, -0.2) is 35.1 Å². The van der Waals surface area contributed by atoms with Crippen LogP contribution in [0.5, 0.6) is 0 Å². The zero-order chi connectivity index (χ0) is 16.6. The molecule has 2 aliphatic heterocycles. The van der Waals surface area contributed by atoms with Crippen LogP contribution >= 0.6 is 0 Å². The Kier molecular flexibility index (Phi) is 4.05. The number of hydrogen-bond acceptors (Lipinski definition) is 3. The number of nitriles is 1. The summed E-state index contributed by atoms with van der Waals surface area (Å²) in [5, 5.41) is 13.9. The first-order valence-electron chi connectivity index (χ1n) is 9.28. The Morgan fingerprint density at radius 3 is 2.50 bits per heavy atom. The van der Waals surface area contributed by atoms with Crippen LogP contribution in [0, 0.1) is 22.7 Å². The van der Waals surface area contributed by atoms with Crippen LogP contribution in [0.1, 0.15) is 55.3 Å². The number of amides is 1. The Balaban J connectivity index is 1.65. The molecule has 2 heterocycles. The lowest BCUT2D eigenvalue weighted by atomic mass is 9.62. The maximum Gasteiger partial charge on any atom is 0.268 e. The summed E-state index contributed by atoms with van der Waals surface area (Å²) < 4.78 is 0. The van der Waals surface area contributed by atoms with Crippen LogP contribution in [0.15, 0.2) is 30.3 Å². The molecule has 3 fully saturated rings. The van der Waals surface area contributed by atoms with Gasteiger partial charge in [-0.05, 0) is 43.2 Å². The van der Waals surface area contributed by atoms with Gasteiger partial charge in [-0.15, -0.1) is 0 Å². The molecule has 2 atom stereocenters. The molecule has 0 unspecified atom stereocenters. The number of hydrazine groups is 1. The number of carbonyl (C=O) groups is 1. The summed E-state index contributed by atoms with van der Waals surface area (Å²) >= 11 is 0. The molecule has 0 bridgehead atoms. The highest BCUT2D eigenvalue weighted by Gasteiger charge is 2.55. The largest absolute Gasteiger partial charge is 0.270 e. The number of fused-ring (bicyclic) bond motifs is 2. The molecule has 126 valence electrons. The van der Waals surface area contributed by atoms with E-state index in [2.05, 4.69) is 11.1 Å². The second kappa shape index (κ2) is 6.22. The molecule has 4 heteroatoms. The van der Waals surface area contributed by atoms with E-state index in [9.17, 15) is 10.1 Å². The van der Waals surface area contributed by atoms with Gasteiger partial charge in [-0.3, -0.25) is 9.80 Å². The maximum absolute atomic E-state index is 13.0. The summed E-state index contributed by atoms with van der Waals surface area (Å²) in [7, 11) is 0. The van der Waals surface area contributed by atoms with Crippen LogP contribution in [0.4, 0.5) is 0 Å². The molecule has 1 spiro atoms. The molecule has 0 aromatic heterocycles. The Labute approximate surface area is 144 Å². The Bertz CT molecular complexity index is 639. The van der Waals surface area contributed by atoms with Crippen molar-refractivity contribution in [2.24, 2.45) is 11.3 Å². The summed E-state index contributed by atoms with van der Waals surface area (Å²) in [6.07, 6.45) is 8.66. The Hall–Kier alpha value is -1.86. The predicted octanol–water partition coefficient (Wildman–Crippen LogP) is 3.61. The molecule has 4 nitrogen and oxygen atoms in total. The van der Waals surface area contributed by atoms with Gasteiger partial charge < -0.3 is 0 Å². The van der Waals surface area contributed by atoms with Gasteiger partial charge in [-0.1, -0.05) is 37.5 Å². The average Bonchev–Trinajstić information content (AvgIpc) is 3.03. The Morgan fingerprint density at radius 1 is 1.08 bits per heavy atom. The zero-order valence-corrected chi connectivity index (χ0v) is 14.2.